The third kappa shape index (κ3) is 3.49. The number of carbonyl (C=O) groups is 3. The van der Waals surface area contributed by atoms with Gasteiger partial charge in [0.05, 0.1) is 0 Å². The highest BCUT2D eigenvalue weighted by atomic mass is 16.4. The van der Waals surface area contributed by atoms with Crippen molar-refractivity contribution in [2.24, 2.45) is 5.41 Å². The van der Waals surface area contributed by atoms with Gasteiger partial charge in [-0.3, -0.25) is 9.59 Å². The summed E-state index contributed by atoms with van der Waals surface area (Å²) in [5.41, 5.74) is -1.89. The van der Waals surface area contributed by atoms with Gasteiger partial charge in [-0.2, -0.15) is 0 Å². The molecule has 1 rings (SSSR count). The summed E-state index contributed by atoms with van der Waals surface area (Å²) < 4.78 is 0. The Labute approximate surface area is 119 Å². The molecule has 2 amide bonds. The molecule has 0 radical (unpaired) electrons. The Kier molecular flexibility index (Phi) is 4.46. The maximum Gasteiger partial charge on any atom is 0.328 e. The summed E-state index contributed by atoms with van der Waals surface area (Å²) in [6.07, 6.45) is 1.33. The summed E-state index contributed by atoms with van der Waals surface area (Å²) in [6.45, 7) is 8.83. The zero-order valence-corrected chi connectivity index (χ0v) is 12.8. The fraction of sp³-hybridized carbons (Fsp3) is 0.786. The third-order valence-electron chi connectivity index (χ3n) is 3.43. The molecule has 0 aromatic carbocycles. The van der Waals surface area contributed by atoms with Crippen LogP contribution < -0.4 is 5.32 Å². The number of aliphatic carboxylic acids is 1. The molecule has 1 heterocycles. The van der Waals surface area contributed by atoms with E-state index in [0.29, 0.717) is 13.0 Å². The topological polar surface area (TPSA) is 86.7 Å². The van der Waals surface area contributed by atoms with Crippen molar-refractivity contribution in [3.05, 3.63) is 0 Å². The van der Waals surface area contributed by atoms with Crippen molar-refractivity contribution < 1.29 is 19.5 Å². The van der Waals surface area contributed by atoms with Gasteiger partial charge < -0.3 is 15.3 Å². The summed E-state index contributed by atoms with van der Waals surface area (Å²) in [5.74, 6) is -1.58. The van der Waals surface area contributed by atoms with Crippen LogP contribution in [0.3, 0.4) is 0 Å². The van der Waals surface area contributed by atoms with Crippen LogP contribution in [0.5, 0.6) is 0 Å². The Bertz CT molecular complexity index is 423. The highest BCUT2D eigenvalue weighted by Crippen LogP contribution is 2.25. The first-order chi connectivity index (χ1) is 8.97. The molecule has 2 N–H and O–H groups in total. The molecule has 1 saturated heterocycles. The van der Waals surface area contributed by atoms with Crippen LogP contribution in [-0.2, 0) is 14.4 Å². The van der Waals surface area contributed by atoms with E-state index in [9.17, 15) is 14.4 Å². The fourth-order valence-electron chi connectivity index (χ4n) is 2.16. The van der Waals surface area contributed by atoms with Gasteiger partial charge in [-0.1, -0.05) is 20.8 Å². The Hall–Kier alpha value is -1.59. The quantitative estimate of drug-likeness (QED) is 0.809. The SMILES string of the molecule is CC(C)(C)C(=O)N1CCCC1C(=O)NC(C)(C)C(=O)O. The van der Waals surface area contributed by atoms with Crippen LogP contribution in [0, 0.1) is 5.41 Å². The van der Waals surface area contributed by atoms with Gasteiger partial charge in [0.15, 0.2) is 0 Å². The predicted molar refractivity (Wildman–Crippen MR) is 74.0 cm³/mol. The number of amides is 2. The Morgan fingerprint density at radius 1 is 1.15 bits per heavy atom. The van der Waals surface area contributed by atoms with Crippen LogP contribution in [0.4, 0.5) is 0 Å². The Balaban J connectivity index is 2.83. The summed E-state index contributed by atoms with van der Waals surface area (Å²) in [4.78, 5) is 37.2. The van der Waals surface area contributed by atoms with Crippen molar-refractivity contribution in [1.29, 1.82) is 0 Å². The van der Waals surface area contributed by atoms with Crippen molar-refractivity contribution in [3.63, 3.8) is 0 Å². The minimum Gasteiger partial charge on any atom is -0.480 e. The fourth-order valence-corrected chi connectivity index (χ4v) is 2.16. The number of hydrogen-bond donors (Lipinski definition) is 2. The standard InChI is InChI=1S/C14H24N2O4/c1-13(2,3)11(18)16-8-6-7-9(16)10(17)15-14(4,5)12(19)20/h9H,6-8H2,1-5H3,(H,15,17)(H,19,20). The van der Waals surface area contributed by atoms with Crippen LogP contribution in [0.1, 0.15) is 47.5 Å². The molecule has 0 spiro atoms. The van der Waals surface area contributed by atoms with Gasteiger partial charge in [0.2, 0.25) is 11.8 Å². The van der Waals surface area contributed by atoms with Crippen LogP contribution in [-0.4, -0.2) is 45.9 Å². The number of likely N-dealkylation sites (tertiary alicyclic amines) is 1. The Morgan fingerprint density at radius 3 is 2.15 bits per heavy atom. The van der Waals surface area contributed by atoms with Gasteiger partial charge >= 0.3 is 5.97 Å². The van der Waals surface area contributed by atoms with Crippen LogP contribution in [0.2, 0.25) is 0 Å². The van der Waals surface area contributed by atoms with Gasteiger partial charge in [-0.15, -0.1) is 0 Å². The molecular weight excluding hydrogens is 260 g/mol. The highest BCUT2D eigenvalue weighted by Gasteiger charge is 2.40. The molecule has 1 unspecified atom stereocenters. The van der Waals surface area contributed by atoms with Crippen molar-refractivity contribution in [2.45, 2.75) is 59.0 Å². The van der Waals surface area contributed by atoms with Crippen molar-refractivity contribution in [1.82, 2.24) is 10.2 Å². The maximum atomic E-state index is 12.3. The molecule has 114 valence electrons. The summed E-state index contributed by atoms with van der Waals surface area (Å²) >= 11 is 0. The highest BCUT2D eigenvalue weighted by molar-refractivity contribution is 5.93. The van der Waals surface area contributed by atoms with Gasteiger partial charge in [0.25, 0.3) is 0 Å². The summed E-state index contributed by atoms with van der Waals surface area (Å²) in [6, 6.07) is -0.569. The normalized spacial score (nSPS) is 19.9. The molecule has 1 aliphatic heterocycles. The monoisotopic (exact) mass is 284 g/mol. The lowest BCUT2D eigenvalue weighted by Gasteiger charge is -2.32. The zero-order chi connectivity index (χ0) is 15.7. The van der Waals surface area contributed by atoms with E-state index in [1.807, 2.05) is 20.8 Å². The predicted octanol–water partition coefficient (Wildman–Crippen LogP) is 1.00. The zero-order valence-electron chi connectivity index (χ0n) is 12.8. The molecule has 6 heteroatoms. The van der Waals surface area contributed by atoms with Crippen molar-refractivity contribution in [3.8, 4) is 0 Å². The van der Waals surface area contributed by atoms with E-state index in [1.165, 1.54) is 13.8 Å². The smallest absolute Gasteiger partial charge is 0.328 e. The lowest BCUT2D eigenvalue weighted by molar-refractivity contribution is -0.149. The van der Waals surface area contributed by atoms with Gasteiger partial charge in [-0.05, 0) is 26.7 Å². The molecular formula is C14H24N2O4. The average molecular weight is 284 g/mol. The first kappa shape index (κ1) is 16.5. The largest absolute Gasteiger partial charge is 0.480 e. The van der Waals surface area contributed by atoms with Crippen molar-refractivity contribution in [2.75, 3.05) is 6.54 Å². The third-order valence-corrected chi connectivity index (χ3v) is 3.43. The number of carbonyl (C=O) groups excluding carboxylic acids is 2. The summed E-state index contributed by atoms with van der Waals surface area (Å²) in [5, 5.41) is 11.5. The number of carboxylic acids is 1. The second-order valence-corrected chi connectivity index (χ2v) is 6.83. The molecule has 1 atom stereocenters. The van der Waals surface area contributed by atoms with Gasteiger partial charge in [-0.25, -0.2) is 4.79 Å². The average Bonchev–Trinajstić information content (AvgIpc) is 2.74. The lowest BCUT2D eigenvalue weighted by atomic mass is 9.94. The molecule has 0 bridgehead atoms. The molecule has 0 aromatic heterocycles. The minimum absolute atomic E-state index is 0.0803. The van der Waals surface area contributed by atoms with E-state index >= 15 is 0 Å². The van der Waals surface area contributed by atoms with Gasteiger partial charge in [0.1, 0.15) is 11.6 Å². The molecule has 6 nitrogen and oxygen atoms in total. The molecule has 1 fully saturated rings. The molecule has 20 heavy (non-hydrogen) atoms. The van der Waals surface area contributed by atoms with E-state index in [4.69, 9.17) is 5.11 Å². The maximum absolute atomic E-state index is 12.3. The van der Waals surface area contributed by atoms with Crippen LogP contribution in [0.25, 0.3) is 0 Å². The summed E-state index contributed by atoms with van der Waals surface area (Å²) in [7, 11) is 0. The number of carboxylic acid groups (broad SMARTS) is 1. The first-order valence-electron chi connectivity index (χ1n) is 6.83. The van der Waals surface area contributed by atoms with E-state index < -0.39 is 28.9 Å². The van der Waals surface area contributed by atoms with E-state index in [0.717, 1.165) is 6.42 Å². The number of rotatable bonds is 3. The van der Waals surface area contributed by atoms with E-state index in [1.54, 1.807) is 4.90 Å². The molecule has 0 aromatic rings. The second-order valence-electron chi connectivity index (χ2n) is 6.83. The van der Waals surface area contributed by atoms with E-state index in [2.05, 4.69) is 5.32 Å². The van der Waals surface area contributed by atoms with Crippen LogP contribution >= 0.6 is 0 Å². The van der Waals surface area contributed by atoms with Crippen LogP contribution in [0.15, 0.2) is 0 Å². The minimum atomic E-state index is -1.34. The lowest BCUT2D eigenvalue weighted by Crippen LogP contribution is -2.56. The number of nitrogens with one attached hydrogen (secondary N) is 1. The number of nitrogens with zero attached hydrogens (tertiary/aromatic N) is 1. The molecule has 0 aliphatic carbocycles. The molecule has 1 aliphatic rings. The molecule has 0 saturated carbocycles. The Morgan fingerprint density at radius 2 is 1.70 bits per heavy atom. The van der Waals surface area contributed by atoms with E-state index in [-0.39, 0.29) is 5.91 Å². The van der Waals surface area contributed by atoms with Gasteiger partial charge in [0, 0.05) is 12.0 Å². The van der Waals surface area contributed by atoms with Crippen molar-refractivity contribution >= 4 is 17.8 Å². The second kappa shape index (κ2) is 5.42. The first-order valence-corrected chi connectivity index (χ1v) is 6.83. The number of hydrogen-bond acceptors (Lipinski definition) is 3.